The fraction of sp³-hybridized carbons (Fsp3) is 0.387. The molecule has 0 bridgehead atoms. The first-order chi connectivity index (χ1) is 18.5. The number of likely N-dealkylation sites (tertiary alicyclic amines) is 1. The van der Waals surface area contributed by atoms with Crippen molar-refractivity contribution >= 4 is 28.4 Å². The van der Waals surface area contributed by atoms with E-state index in [1.54, 1.807) is 12.1 Å². The number of piperidine rings is 1. The van der Waals surface area contributed by atoms with Crippen molar-refractivity contribution in [3.05, 3.63) is 98.9 Å². The van der Waals surface area contributed by atoms with E-state index in [0.717, 1.165) is 72.4 Å². The number of nitrogens with zero attached hydrogens (tertiary/aromatic N) is 3. The van der Waals surface area contributed by atoms with E-state index in [9.17, 15) is 10.0 Å². The van der Waals surface area contributed by atoms with Crippen molar-refractivity contribution in [1.29, 1.82) is 0 Å². The summed E-state index contributed by atoms with van der Waals surface area (Å²) in [6.45, 7) is 3.69. The van der Waals surface area contributed by atoms with E-state index in [1.807, 2.05) is 17.2 Å². The second kappa shape index (κ2) is 10.4. The molecule has 1 N–H and O–H groups in total. The molecule has 7 heteroatoms. The highest BCUT2D eigenvalue weighted by molar-refractivity contribution is 6.35. The number of hydrogen-bond acceptors (Lipinski definition) is 3. The van der Waals surface area contributed by atoms with Gasteiger partial charge in [-0.25, -0.2) is 0 Å². The van der Waals surface area contributed by atoms with Gasteiger partial charge in [0, 0.05) is 48.9 Å². The van der Waals surface area contributed by atoms with Gasteiger partial charge in [0.15, 0.2) is 12.4 Å². The number of halogens is 1. The second-order valence-electron chi connectivity index (χ2n) is 10.7. The van der Waals surface area contributed by atoms with Crippen LogP contribution in [0.25, 0.3) is 10.9 Å². The summed E-state index contributed by atoms with van der Waals surface area (Å²) in [5.74, 6) is 0.681. The molecule has 196 valence electrons. The number of fused-ring (bicyclic) bond motifs is 4. The average molecular weight is 529 g/mol. The van der Waals surface area contributed by atoms with Crippen molar-refractivity contribution in [2.75, 3.05) is 13.1 Å². The van der Waals surface area contributed by atoms with Gasteiger partial charge in [-0.2, -0.15) is 4.73 Å². The largest absolute Gasteiger partial charge is 0.619 e. The molecule has 0 radical (unpaired) electrons. The quantitative estimate of drug-likeness (QED) is 0.274. The predicted octanol–water partition coefficient (Wildman–Crippen LogP) is 5.51. The van der Waals surface area contributed by atoms with Crippen molar-refractivity contribution in [3.63, 3.8) is 0 Å². The molecular formula is C31H33ClN4O2. The van der Waals surface area contributed by atoms with Crippen LogP contribution < -0.4 is 4.73 Å². The smallest absolute Gasteiger partial charge is 0.226 e. The maximum Gasteiger partial charge on any atom is 0.226 e. The van der Waals surface area contributed by atoms with Gasteiger partial charge in [-0.15, -0.1) is 0 Å². The van der Waals surface area contributed by atoms with Crippen molar-refractivity contribution in [2.45, 2.75) is 57.8 Å². The molecule has 38 heavy (non-hydrogen) atoms. The number of aromatic nitrogens is 3. The van der Waals surface area contributed by atoms with Crippen molar-refractivity contribution in [3.8, 4) is 0 Å². The zero-order chi connectivity index (χ0) is 26.2. The van der Waals surface area contributed by atoms with E-state index in [4.69, 9.17) is 16.6 Å². The van der Waals surface area contributed by atoms with Crippen LogP contribution in [0.3, 0.4) is 0 Å². The van der Waals surface area contributed by atoms with Crippen LogP contribution in [0, 0.1) is 11.1 Å². The Hall–Kier alpha value is -3.38. The van der Waals surface area contributed by atoms with Gasteiger partial charge >= 0.3 is 0 Å². The highest BCUT2D eigenvalue weighted by atomic mass is 35.5. The number of carbonyl (C=O) groups is 1. The summed E-state index contributed by atoms with van der Waals surface area (Å²) in [7, 11) is 0. The van der Waals surface area contributed by atoms with Crippen LogP contribution in [0.2, 0.25) is 5.02 Å². The fourth-order valence-corrected chi connectivity index (χ4v) is 6.87. The third kappa shape index (κ3) is 4.55. The standard InChI is InChI=1S/C31H33ClN4O2/c1-2-4-24-19-34-31-25(32)18-23-7-6-22-5-3-12-33-30(22)28(27(23)29(24)31)21-10-13-35(14-11-21)26(37)17-20-8-15-36(38)16-9-20/h3,5,8-9,12,15-16,18-19,21,28,34H,2,4,6-7,10-11,13-14,17H2,1H3/t28-/m1/s1. The molecule has 1 fully saturated rings. The third-order valence-corrected chi connectivity index (χ3v) is 8.72. The van der Waals surface area contributed by atoms with Crippen LogP contribution in [0.15, 0.2) is 55.1 Å². The minimum atomic E-state index is 0.122. The lowest BCUT2D eigenvalue weighted by atomic mass is 9.75. The minimum Gasteiger partial charge on any atom is -0.619 e. The first-order valence-corrected chi connectivity index (χ1v) is 14.1. The summed E-state index contributed by atoms with van der Waals surface area (Å²) < 4.78 is 0.747. The fourth-order valence-electron chi connectivity index (χ4n) is 6.59. The van der Waals surface area contributed by atoms with E-state index >= 15 is 0 Å². The predicted molar refractivity (Wildman–Crippen MR) is 149 cm³/mol. The van der Waals surface area contributed by atoms with Gasteiger partial charge < -0.3 is 15.1 Å². The van der Waals surface area contributed by atoms with E-state index in [2.05, 4.69) is 30.2 Å². The number of benzene rings is 1. The van der Waals surface area contributed by atoms with Crippen molar-refractivity contribution in [2.24, 2.45) is 5.92 Å². The van der Waals surface area contributed by atoms with Crippen LogP contribution >= 0.6 is 11.6 Å². The maximum absolute atomic E-state index is 13.1. The number of aromatic amines is 1. The summed E-state index contributed by atoms with van der Waals surface area (Å²) >= 11 is 6.82. The summed E-state index contributed by atoms with van der Waals surface area (Å²) in [5, 5.41) is 13.4. The van der Waals surface area contributed by atoms with Crippen LogP contribution in [0.5, 0.6) is 0 Å². The topological polar surface area (TPSA) is 75.9 Å². The maximum atomic E-state index is 13.1. The van der Waals surface area contributed by atoms with Crippen LogP contribution in [0.4, 0.5) is 0 Å². The monoisotopic (exact) mass is 528 g/mol. The zero-order valence-electron chi connectivity index (χ0n) is 21.8. The molecule has 6 rings (SSSR count). The summed E-state index contributed by atoms with van der Waals surface area (Å²) in [6.07, 6.45) is 13.1. The van der Waals surface area contributed by atoms with Crippen molar-refractivity contribution < 1.29 is 9.52 Å². The summed E-state index contributed by atoms with van der Waals surface area (Å²) in [5.41, 5.74) is 8.48. The Morgan fingerprint density at radius 1 is 1.18 bits per heavy atom. The number of carbonyl (C=O) groups excluding carboxylic acids is 1. The number of H-pyrrole nitrogens is 1. The van der Waals surface area contributed by atoms with Gasteiger partial charge in [-0.3, -0.25) is 9.78 Å². The number of aryl methyl sites for hydroxylation is 3. The van der Waals surface area contributed by atoms with Gasteiger partial charge in [-0.05, 0) is 78.0 Å². The third-order valence-electron chi connectivity index (χ3n) is 8.42. The Labute approximate surface area is 228 Å². The minimum absolute atomic E-state index is 0.122. The Bertz CT molecular complexity index is 1470. The lowest BCUT2D eigenvalue weighted by Gasteiger charge is -2.37. The number of nitrogens with one attached hydrogen (secondary N) is 1. The molecule has 1 atom stereocenters. The van der Waals surface area contributed by atoms with Crippen LogP contribution in [-0.2, 0) is 30.5 Å². The Kier molecular flexibility index (Phi) is 6.83. The summed E-state index contributed by atoms with van der Waals surface area (Å²) in [6, 6.07) is 9.91. The van der Waals surface area contributed by atoms with Gasteiger partial charge in [0.05, 0.1) is 22.7 Å². The Balaban J connectivity index is 1.34. The van der Waals surface area contributed by atoms with E-state index < -0.39 is 0 Å². The molecule has 4 aromatic rings. The van der Waals surface area contributed by atoms with Gasteiger partial charge in [0.1, 0.15) is 0 Å². The molecule has 3 aromatic heterocycles. The average Bonchev–Trinajstić information content (AvgIpc) is 3.28. The zero-order valence-corrected chi connectivity index (χ0v) is 22.5. The lowest BCUT2D eigenvalue weighted by molar-refractivity contribution is -0.605. The molecular weight excluding hydrogens is 496 g/mol. The van der Waals surface area contributed by atoms with Crippen LogP contribution in [0.1, 0.15) is 65.6 Å². The lowest BCUT2D eigenvalue weighted by Crippen LogP contribution is -2.41. The molecule has 1 saturated heterocycles. The molecule has 0 saturated carbocycles. The molecule has 1 aliphatic heterocycles. The molecule has 6 nitrogen and oxygen atoms in total. The normalized spacial score (nSPS) is 17.7. The SMILES string of the molecule is CCCc1c[nH]c2c(Cl)cc3c(c12)[C@@H](C1CCN(C(=O)Cc2cc[n+]([O-])cc2)CC1)c1ncccc1CC3. The number of amides is 1. The molecule has 1 amide bonds. The number of hydrogen-bond donors (Lipinski definition) is 1. The van der Waals surface area contributed by atoms with E-state index in [0.29, 0.717) is 12.3 Å². The number of pyridine rings is 2. The molecule has 0 spiro atoms. The Morgan fingerprint density at radius 3 is 2.71 bits per heavy atom. The second-order valence-corrected chi connectivity index (χ2v) is 11.1. The number of rotatable bonds is 5. The van der Waals surface area contributed by atoms with E-state index in [-0.39, 0.29) is 11.8 Å². The summed E-state index contributed by atoms with van der Waals surface area (Å²) in [4.78, 5) is 23.6. The first kappa shape index (κ1) is 24.9. The van der Waals surface area contributed by atoms with Gasteiger partial charge in [-0.1, -0.05) is 31.0 Å². The molecule has 1 aromatic carbocycles. The van der Waals surface area contributed by atoms with Crippen LogP contribution in [-0.4, -0.2) is 33.9 Å². The van der Waals surface area contributed by atoms with Gasteiger partial charge in [0.2, 0.25) is 5.91 Å². The molecule has 0 unspecified atom stereocenters. The highest BCUT2D eigenvalue weighted by Crippen LogP contribution is 2.47. The van der Waals surface area contributed by atoms with E-state index in [1.165, 1.54) is 45.7 Å². The molecule has 1 aliphatic carbocycles. The molecule has 2 aliphatic rings. The Morgan fingerprint density at radius 2 is 1.95 bits per heavy atom. The highest BCUT2D eigenvalue weighted by Gasteiger charge is 2.36. The van der Waals surface area contributed by atoms with Gasteiger partial charge in [0.25, 0.3) is 0 Å². The first-order valence-electron chi connectivity index (χ1n) is 13.7. The van der Waals surface area contributed by atoms with Crippen molar-refractivity contribution in [1.82, 2.24) is 14.9 Å². The molecule has 4 heterocycles.